The minimum absolute atomic E-state index is 0.251. The summed E-state index contributed by atoms with van der Waals surface area (Å²) in [5, 5.41) is 11.3. The van der Waals surface area contributed by atoms with Gasteiger partial charge in [0.25, 0.3) is 0 Å². The van der Waals surface area contributed by atoms with Crippen molar-refractivity contribution in [3.05, 3.63) is 42.0 Å². The summed E-state index contributed by atoms with van der Waals surface area (Å²) in [5.74, 6) is 0.251. The lowest BCUT2D eigenvalue weighted by atomic mass is 10.0. The van der Waals surface area contributed by atoms with Crippen molar-refractivity contribution in [1.82, 2.24) is 0 Å². The van der Waals surface area contributed by atoms with Gasteiger partial charge in [-0.2, -0.15) is 0 Å². The zero-order chi connectivity index (χ0) is 10.1. The highest BCUT2D eigenvalue weighted by molar-refractivity contribution is 7.80. The van der Waals surface area contributed by atoms with Crippen molar-refractivity contribution in [2.45, 2.75) is 0 Å². The van der Waals surface area contributed by atoms with Gasteiger partial charge in [-0.05, 0) is 17.5 Å². The number of rotatable bonds is 1. The molecule has 3 heteroatoms. The van der Waals surface area contributed by atoms with Crippen molar-refractivity contribution in [2.75, 3.05) is 0 Å². The maximum absolute atomic E-state index is 9.59. The second-order valence-electron chi connectivity index (χ2n) is 3.04. The largest absolute Gasteiger partial charge is 0.507 e. The van der Waals surface area contributed by atoms with Gasteiger partial charge < -0.3 is 10.8 Å². The van der Waals surface area contributed by atoms with Crippen LogP contribution in [0.25, 0.3) is 10.8 Å². The number of hydrogen-bond donors (Lipinski definition) is 2. The normalized spacial score (nSPS) is 10.3. The molecule has 0 aliphatic carbocycles. The SMILES string of the molecule is NC(=S)c1ccc(O)c2ccccc12. The summed E-state index contributed by atoms with van der Waals surface area (Å²) in [6.07, 6.45) is 0. The van der Waals surface area contributed by atoms with E-state index in [0.717, 1.165) is 16.3 Å². The van der Waals surface area contributed by atoms with E-state index in [4.69, 9.17) is 18.0 Å². The molecule has 2 rings (SSSR count). The number of thiocarbonyl (C=S) groups is 1. The average Bonchev–Trinajstić information content (AvgIpc) is 2.18. The Labute approximate surface area is 87.0 Å². The van der Waals surface area contributed by atoms with Crippen molar-refractivity contribution in [2.24, 2.45) is 5.73 Å². The zero-order valence-electron chi connectivity index (χ0n) is 7.40. The van der Waals surface area contributed by atoms with Crippen LogP contribution >= 0.6 is 12.2 Å². The number of fused-ring (bicyclic) bond motifs is 1. The van der Waals surface area contributed by atoms with Gasteiger partial charge in [0.2, 0.25) is 0 Å². The Hall–Kier alpha value is -1.61. The Kier molecular flexibility index (Phi) is 2.09. The van der Waals surface area contributed by atoms with E-state index in [1.54, 1.807) is 12.1 Å². The maximum Gasteiger partial charge on any atom is 0.123 e. The summed E-state index contributed by atoms with van der Waals surface area (Å²) in [5.41, 5.74) is 6.38. The third-order valence-corrected chi connectivity index (χ3v) is 2.39. The molecule has 0 atom stereocenters. The van der Waals surface area contributed by atoms with Gasteiger partial charge in [-0.1, -0.05) is 36.5 Å². The van der Waals surface area contributed by atoms with E-state index in [1.165, 1.54) is 0 Å². The van der Waals surface area contributed by atoms with Gasteiger partial charge in [0.1, 0.15) is 10.7 Å². The summed E-state index contributed by atoms with van der Waals surface area (Å²) in [6.45, 7) is 0. The maximum atomic E-state index is 9.59. The Morgan fingerprint density at radius 3 is 2.36 bits per heavy atom. The van der Waals surface area contributed by atoms with E-state index < -0.39 is 0 Å². The Bertz CT molecular complexity index is 508. The van der Waals surface area contributed by atoms with Gasteiger partial charge in [0.05, 0.1) is 0 Å². The van der Waals surface area contributed by atoms with Crippen LogP contribution in [0.4, 0.5) is 0 Å². The van der Waals surface area contributed by atoms with Crippen molar-refractivity contribution in [3.63, 3.8) is 0 Å². The molecule has 0 aliphatic heterocycles. The highest BCUT2D eigenvalue weighted by atomic mass is 32.1. The molecule has 2 aromatic rings. The molecular formula is C11H9NOS. The summed E-state index contributed by atoms with van der Waals surface area (Å²) in [7, 11) is 0. The predicted molar refractivity (Wildman–Crippen MR) is 61.5 cm³/mol. The van der Waals surface area contributed by atoms with Crippen LogP contribution in [0.2, 0.25) is 0 Å². The van der Waals surface area contributed by atoms with Crippen LogP contribution in [0.15, 0.2) is 36.4 Å². The fourth-order valence-electron chi connectivity index (χ4n) is 1.50. The van der Waals surface area contributed by atoms with E-state index >= 15 is 0 Å². The van der Waals surface area contributed by atoms with Crippen LogP contribution in [-0.2, 0) is 0 Å². The van der Waals surface area contributed by atoms with Crippen LogP contribution in [0.5, 0.6) is 5.75 Å². The Morgan fingerprint density at radius 2 is 1.71 bits per heavy atom. The molecule has 0 fully saturated rings. The molecule has 0 bridgehead atoms. The molecule has 0 saturated heterocycles. The number of phenolic OH excluding ortho intramolecular Hbond substituents is 1. The molecule has 0 amide bonds. The first-order chi connectivity index (χ1) is 6.70. The summed E-state index contributed by atoms with van der Waals surface area (Å²) >= 11 is 4.93. The van der Waals surface area contributed by atoms with E-state index in [-0.39, 0.29) is 5.75 Å². The van der Waals surface area contributed by atoms with Crippen molar-refractivity contribution < 1.29 is 5.11 Å². The third-order valence-electron chi connectivity index (χ3n) is 2.17. The van der Waals surface area contributed by atoms with E-state index in [1.807, 2.05) is 24.3 Å². The molecule has 0 unspecified atom stereocenters. The first kappa shape index (κ1) is 8.97. The molecule has 0 saturated carbocycles. The van der Waals surface area contributed by atoms with E-state index in [9.17, 15) is 5.11 Å². The molecule has 14 heavy (non-hydrogen) atoms. The molecule has 0 heterocycles. The number of phenols is 1. The molecule has 2 nitrogen and oxygen atoms in total. The number of benzene rings is 2. The second kappa shape index (κ2) is 3.27. The van der Waals surface area contributed by atoms with Crippen molar-refractivity contribution in [3.8, 4) is 5.75 Å². The molecule has 0 aliphatic rings. The van der Waals surface area contributed by atoms with Crippen LogP contribution in [0.1, 0.15) is 5.56 Å². The Morgan fingerprint density at radius 1 is 1.07 bits per heavy atom. The Balaban J connectivity index is 2.88. The lowest BCUT2D eigenvalue weighted by Crippen LogP contribution is -2.09. The summed E-state index contributed by atoms with van der Waals surface area (Å²) in [4.78, 5) is 0.348. The predicted octanol–water partition coefficient (Wildman–Crippen LogP) is 2.18. The lowest BCUT2D eigenvalue weighted by Gasteiger charge is -2.05. The third kappa shape index (κ3) is 1.32. The smallest absolute Gasteiger partial charge is 0.123 e. The van der Waals surface area contributed by atoms with Crippen molar-refractivity contribution in [1.29, 1.82) is 0 Å². The quantitative estimate of drug-likeness (QED) is 0.698. The fourth-order valence-corrected chi connectivity index (χ4v) is 1.68. The average molecular weight is 203 g/mol. The molecular weight excluding hydrogens is 194 g/mol. The van der Waals surface area contributed by atoms with Gasteiger partial charge in [0.15, 0.2) is 0 Å². The van der Waals surface area contributed by atoms with Crippen LogP contribution in [-0.4, -0.2) is 10.1 Å². The standard InChI is InChI=1S/C11H9NOS/c12-11(14)9-5-6-10(13)8-4-2-1-3-7(8)9/h1-6,13H,(H2,12,14). The minimum Gasteiger partial charge on any atom is -0.507 e. The molecule has 2 aromatic carbocycles. The molecule has 0 aromatic heterocycles. The molecule has 3 N–H and O–H groups in total. The second-order valence-corrected chi connectivity index (χ2v) is 3.48. The minimum atomic E-state index is 0.251. The zero-order valence-corrected chi connectivity index (χ0v) is 8.21. The van der Waals surface area contributed by atoms with Gasteiger partial charge in [-0.15, -0.1) is 0 Å². The number of nitrogens with two attached hydrogens (primary N) is 1. The lowest BCUT2D eigenvalue weighted by molar-refractivity contribution is 0.481. The topological polar surface area (TPSA) is 46.2 Å². The molecule has 0 spiro atoms. The van der Waals surface area contributed by atoms with Gasteiger partial charge in [-0.25, -0.2) is 0 Å². The first-order valence-electron chi connectivity index (χ1n) is 4.20. The van der Waals surface area contributed by atoms with Crippen LogP contribution in [0.3, 0.4) is 0 Å². The van der Waals surface area contributed by atoms with Crippen LogP contribution in [0, 0.1) is 0 Å². The number of hydrogen-bond acceptors (Lipinski definition) is 2. The summed E-state index contributed by atoms with van der Waals surface area (Å²) in [6, 6.07) is 10.8. The monoisotopic (exact) mass is 203 g/mol. The molecule has 0 radical (unpaired) electrons. The van der Waals surface area contributed by atoms with Gasteiger partial charge in [0, 0.05) is 10.9 Å². The first-order valence-corrected chi connectivity index (χ1v) is 4.61. The number of aromatic hydroxyl groups is 1. The van der Waals surface area contributed by atoms with Crippen molar-refractivity contribution >= 4 is 28.0 Å². The van der Waals surface area contributed by atoms with Gasteiger partial charge >= 0.3 is 0 Å². The van der Waals surface area contributed by atoms with Gasteiger partial charge in [-0.3, -0.25) is 0 Å². The summed E-state index contributed by atoms with van der Waals surface area (Å²) < 4.78 is 0. The fraction of sp³-hybridized carbons (Fsp3) is 0. The van der Waals surface area contributed by atoms with E-state index in [0.29, 0.717) is 4.99 Å². The molecule has 70 valence electrons. The highest BCUT2D eigenvalue weighted by Gasteiger charge is 2.05. The highest BCUT2D eigenvalue weighted by Crippen LogP contribution is 2.27. The van der Waals surface area contributed by atoms with Crippen LogP contribution < -0.4 is 5.73 Å². The van der Waals surface area contributed by atoms with E-state index in [2.05, 4.69) is 0 Å².